The SMILES string of the molecule is COC(=O)c1ccc(C(=O)OCCNS(C)(=O)=O)s1. The van der Waals surface area contributed by atoms with E-state index in [0.29, 0.717) is 4.88 Å². The van der Waals surface area contributed by atoms with Crippen LogP contribution in [-0.2, 0) is 19.5 Å². The standard InChI is InChI=1S/C10H13NO6S2/c1-16-9(12)7-3-4-8(18-7)10(13)17-6-5-11-19(2,14)15/h3-4,11H,5-6H2,1-2H3. The van der Waals surface area contributed by atoms with Gasteiger partial charge in [-0.15, -0.1) is 11.3 Å². The summed E-state index contributed by atoms with van der Waals surface area (Å²) in [5, 5.41) is 0. The first kappa shape index (κ1) is 15.6. The van der Waals surface area contributed by atoms with Crippen LogP contribution >= 0.6 is 11.3 Å². The van der Waals surface area contributed by atoms with Gasteiger partial charge in [0.15, 0.2) is 0 Å². The number of ether oxygens (including phenoxy) is 2. The number of thiophene rings is 1. The first-order valence-corrected chi connectivity index (χ1v) is 7.84. The molecule has 19 heavy (non-hydrogen) atoms. The number of nitrogens with one attached hydrogen (secondary N) is 1. The molecule has 1 aromatic rings. The lowest BCUT2D eigenvalue weighted by Gasteiger charge is -2.03. The Bertz CT molecular complexity index is 562. The van der Waals surface area contributed by atoms with Crippen LogP contribution in [0, 0.1) is 0 Å². The normalized spacial score (nSPS) is 11.1. The molecule has 1 rings (SSSR count). The van der Waals surface area contributed by atoms with Crippen LogP contribution in [0.4, 0.5) is 0 Å². The van der Waals surface area contributed by atoms with Crippen molar-refractivity contribution in [1.82, 2.24) is 4.72 Å². The molecule has 0 amide bonds. The largest absolute Gasteiger partial charge is 0.465 e. The molecule has 0 bridgehead atoms. The lowest BCUT2D eigenvalue weighted by Crippen LogP contribution is -2.26. The minimum Gasteiger partial charge on any atom is -0.465 e. The number of esters is 2. The van der Waals surface area contributed by atoms with Crippen molar-refractivity contribution < 1.29 is 27.5 Å². The van der Waals surface area contributed by atoms with Gasteiger partial charge in [-0.25, -0.2) is 22.7 Å². The van der Waals surface area contributed by atoms with Crippen molar-refractivity contribution in [3.05, 3.63) is 21.9 Å². The third-order valence-electron chi connectivity index (χ3n) is 1.89. The number of methoxy groups -OCH3 is 1. The van der Waals surface area contributed by atoms with E-state index in [4.69, 9.17) is 4.74 Å². The van der Waals surface area contributed by atoms with E-state index >= 15 is 0 Å². The van der Waals surface area contributed by atoms with Crippen molar-refractivity contribution in [2.45, 2.75) is 0 Å². The third kappa shape index (κ3) is 5.37. The molecule has 7 nitrogen and oxygen atoms in total. The zero-order valence-corrected chi connectivity index (χ0v) is 12.0. The summed E-state index contributed by atoms with van der Waals surface area (Å²) in [6, 6.07) is 2.91. The topological polar surface area (TPSA) is 98.8 Å². The molecule has 0 unspecified atom stereocenters. The maximum Gasteiger partial charge on any atom is 0.348 e. The Morgan fingerprint density at radius 2 is 1.84 bits per heavy atom. The maximum atomic E-state index is 11.6. The van der Waals surface area contributed by atoms with Crippen LogP contribution in [0.1, 0.15) is 19.3 Å². The predicted octanol–water partition coefficient (Wildman–Crippen LogP) is 0.241. The zero-order chi connectivity index (χ0) is 14.5. The van der Waals surface area contributed by atoms with Gasteiger partial charge in [0.1, 0.15) is 16.4 Å². The fourth-order valence-electron chi connectivity index (χ4n) is 1.10. The molecule has 0 radical (unpaired) electrons. The number of hydrogen-bond donors (Lipinski definition) is 1. The summed E-state index contributed by atoms with van der Waals surface area (Å²) in [6.45, 7) is -0.0861. The highest BCUT2D eigenvalue weighted by molar-refractivity contribution is 7.88. The second-order valence-corrected chi connectivity index (χ2v) is 6.37. The summed E-state index contributed by atoms with van der Waals surface area (Å²) in [5.74, 6) is -1.14. The Morgan fingerprint density at radius 1 is 1.26 bits per heavy atom. The van der Waals surface area contributed by atoms with Gasteiger partial charge in [0, 0.05) is 6.54 Å². The summed E-state index contributed by atoms with van der Waals surface area (Å²) >= 11 is 0.950. The molecule has 1 heterocycles. The van der Waals surface area contributed by atoms with E-state index in [-0.39, 0.29) is 18.0 Å². The molecule has 0 atom stereocenters. The fourth-order valence-corrected chi connectivity index (χ4v) is 2.37. The van der Waals surface area contributed by atoms with E-state index in [1.807, 2.05) is 0 Å². The molecular formula is C10H13NO6S2. The summed E-state index contributed by atoms with van der Waals surface area (Å²) < 4.78 is 33.0. The molecule has 0 aliphatic carbocycles. The van der Waals surface area contributed by atoms with Crippen LogP contribution in [0.25, 0.3) is 0 Å². The molecule has 0 aliphatic rings. The van der Waals surface area contributed by atoms with Crippen LogP contribution in [0.15, 0.2) is 12.1 Å². The van der Waals surface area contributed by atoms with E-state index in [2.05, 4.69) is 9.46 Å². The average molecular weight is 307 g/mol. The summed E-state index contributed by atoms with van der Waals surface area (Å²) in [5.41, 5.74) is 0. The molecule has 0 saturated heterocycles. The van der Waals surface area contributed by atoms with Crippen LogP contribution < -0.4 is 4.72 Å². The molecule has 0 spiro atoms. The second kappa shape index (κ2) is 6.64. The quantitative estimate of drug-likeness (QED) is 0.597. The van der Waals surface area contributed by atoms with Crippen molar-refractivity contribution in [2.75, 3.05) is 26.5 Å². The Hall–Kier alpha value is -1.45. The lowest BCUT2D eigenvalue weighted by atomic mass is 10.4. The number of hydrogen-bond acceptors (Lipinski definition) is 7. The summed E-state index contributed by atoms with van der Waals surface area (Å²) in [4.78, 5) is 23.3. The van der Waals surface area contributed by atoms with Crippen LogP contribution in [0.5, 0.6) is 0 Å². The van der Waals surface area contributed by atoms with Crippen LogP contribution in [-0.4, -0.2) is 46.9 Å². The first-order valence-electron chi connectivity index (χ1n) is 5.13. The fraction of sp³-hybridized carbons (Fsp3) is 0.400. The van der Waals surface area contributed by atoms with Gasteiger partial charge in [0.05, 0.1) is 13.4 Å². The van der Waals surface area contributed by atoms with Crippen molar-refractivity contribution in [3.63, 3.8) is 0 Å². The van der Waals surface area contributed by atoms with Crippen LogP contribution in [0.3, 0.4) is 0 Å². The second-order valence-electron chi connectivity index (χ2n) is 3.46. The van der Waals surface area contributed by atoms with Gasteiger partial charge in [0.25, 0.3) is 0 Å². The Balaban J connectivity index is 2.46. The van der Waals surface area contributed by atoms with E-state index < -0.39 is 22.0 Å². The molecule has 1 aromatic heterocycles. The molecular weight excluding hydrogens is 294 g/mol. The minimum absolute atomic E-state index is 0.000191. The molecule has 0 fully saturated rings. The maximum absolute atomic E-state index is 11.6. The van der Waals surface area contributed by atoms with Gasteiger partial charge >= 0.3 is 11.9 Å². The van der Waals surface area contributed by atoms with E-state index in [1.165, 1.54) is 19.2 Å². The average Bonchev–Trinajstić information content (AvgIpc) is 2.81. The van der Waals surface area contributed by atoms with Crippen LogP contribution in [0.2, 0.25) is 0 Å². The third-order valence-corrected chi connectivity index (χ3v) is 3.67. The Kier molecular flexibility index (Phi) is 5.45. The van der Waals surface area contributed by atoms with Gasteiger partial charge in [-0.2, -0.15) is 0 Å². The smallest absolute Gasteiger partial charge is 0.348 e. The van der Waals surface area contributed by atoms with E-state index in [0.717, 1.165) is 17.6 Å². The highest BCUT2D eigenvalue weighted by Crippen LogP contribution is 2.18. The van der Waals surface area contributed by atoms with E-state index in [1.54, 1.807) is 0 Å². The Labute approximate surface area is 114 Å². The molecule has 0 aliphatic heterocycles. The summed E-state index contributed by atoms with van der Waals surface area (Å²) in [6.07, 6.45) is 1.01. The van der Waals surface area contributed by atoms with Gasteiger partial charge in [0.2, 0.25) is 10.0 Å². The van der Waals surface area contributed by atoms with Gasteiger partial charge in [-0.3, -0.25) is 0 Å². The molecule has 0 saturated carbocycles. The first-order chi connectivity index (χ1) is 8.83. The minimum atomic E-state index is -3.30. The number of sulfonamides is 1. The predicted molar refractivity (Wildman–Crippen MR) is 68.8 cm³/mol. The monoisotopic (exact) mass is 307 g/mol. The van der Waals surface area contributed by atoms with E-state index in [9.17, 15) is 18.0 Å². The lowest BCUT2D eigenvalue weighted by molar-refractivity contribution is 0.0518. The number of rotatable bonds is 6. The number of carbonyl (C=O) groups excluding carboxylic acids is 2. The summed E-state index contributed by atoms with van der Waals surface area (Å²) in [7, 11) is -2.05. The molecule has 106 valence electrons. The van der Waals surface area contributed by atoms with Crippen molar-refractivity contribution in [3.8, 4) is 0 Å². The van der Waals surface area contributed by atoms with Gasteiger partial charge < -0.3 is 9.47 Å². The van der Waals surface area contributed by atoms with Crippen molar-refractivity contribution in [1.29, 1.82) is 0 Å². The van der Waals surface area contributed by atoms with Gasteiger partial charge in [-0.05, 0) is 12.1 Å². The molecule has 1 N–H and O–H groups in total. The molecule has 9 heteroatoms. The van der Waals surface area contributed by atoms with Crippen molar-refractivity contribution in [2.24, 2.45) is 0 Å². The number of carbonyl (C=O) groups is 2. The highest BCUT2D eigenvalue weighted by atomic mass is 32.2. The van der Waals surface area contributed by atoms with Crippen molar-refractivity contribution >= 4 is 33.3 Å². The zero-order valence-electron chi connectivity index (χ0n) is 10.3. The van der Waals surface area contributed by atoms with Gasteiger partial charge in [-0.1, -0.05) is 0 Å². The Morgan fingerprint density at radius 3 is 2.37 bits per heavy atom. The highest BCUT2D eigenvalue weighted by Gasteiger charge is 2.15. The molecule has 0 aromatic carbocycles.